The van der Waals surface area contributed by atoms with E-state index in [4.69, 9.17) is 0 Å². The van der Waals surface area contributed by atoms with Crippen molar-refractivity contribution in [2.75, 3.05) is 26.7 Å². The molecule has 2 nitrogen and oxygen atoms in total. The maximum Gasteiger partial charge on any atom is 0.389 e. The molecule has 2 unspecified atom stereocenters. The van der Waals surface area contributed by atoms with E-state index in [0.29, 0.717) is 18.4 Å². The molecule has 0 spiro atoms. The molecule has 1 rings (SSSR count). The zero-order valence-electron chi connectivity index (χ0n) is 10.7. The van der Waals surface area contributed by atoms with E-state index in [9.17, 15) is 13.2 Å². The van der Waals surface area contributed by atoms with Gasteiger partial charge in [-0.2, -0.15) is 13.2 Å². The van der Waals surface area contributed by atoms with Crippen molar-refractivity contribution in [1.29, 1.82) is 0 Å². The molecule has 102 valence electrons. The largest absolute Gasteiger partial charge is 0.389 e. The molecular weight excluding hydrogens is 229 g/mol. The predicted molar refractivity (Wildman–Crippen MR) is 63.0 cm³/mol. The topological polar surface area (TPSA) is 15.3 Å². The Hall–Kier alpha value is -0.290. The minimum absolute atomic E-state index is 0.254. The van der Waals surface area contributed by atoms with Crippen molar-refractivity contribution >= 4 is 0 Å². The smallest absolute Gasteiger partial charge is 0.317 e. The van der Waals surface area contributed by atoms with E-state index in [-0.39, 0.29) is 6.42 Å². The Labute approximate surface area is 102 Å². The van der Waals surface area contributed by atoms with Crippen molar-refractivity contribution in [1.82, 2.24) is 10.2 Å². The molecule has 1 aliphatic heterocycles. The number of likely N-dealkylation sites (tertiary alicyclic amines) is 1. The van der Waals surface area contributed by atoms with Gasteiger partial charge in [0.1, 0.15) is 0 Å². The lowest BCUT2D eigenvalue weighted by atomic mass is 9.94. The third-order valence-electron chi connectivity index (χ3n) is 3.54. The van der Waals surface area contributed by atoms with Gasteiger partial charge >= 0.3 is 6.18 Å². The van der Waals surface area contributed by atoms with Crippen molar-refractivity contribution in [3.63, 3.8) is 0 Å². The van der Waals surface area contributed by atoms with Crippen LogP contribution in [0, 0.1) is 5.92 Å². The molecule has 1 fully saturated rings. The summed E-state index contributed by atoms with van der Waals surface area (Å²) in [5.41, 5.74) is 0. The summed E-state index contributed by atoms with van der Waals surface area (Å²) in [6, 6.07) is 0.557. The first kappa shape index (κ1) is 14.8. The lowest BCUT2D eigenvalue weighted by molar-refractivity contribution is -0.135. The Balaban J connectivity index is 2.13. The van der Waals surface area contributed by atoms with E-state index in [0.717, 1.165) is 26.1 Å². The van der Waals surface area contributed by atoms with Gasteiger partial charge in [0, 0.05) is 19.0 Å². The maximum absolute atomic E-state index is 12.0. The molecule has 1 saturated heterocycles. The monoisotopic (exact) mass is 252 g/mol. The number of rotatable bonds is 5. The molecule has 0 bridgehead atoms. The highest BCUT2D eigenvalue weighted by atomic mass is 19.4. The molecule has 1 N–H and O–H groups in total. The Bertz CT molecular complexity index is 218. The molecule has 2 atom stereocenters. The summed E-state index contributed by atoms with van der Waals surface area (Å²) in [7, 11) is 1.97. The van der Waals surface area contributed by atoms with Crippen LogP contribution < -0.4 is 5.32 Å². The molecule has 0 aromatic heterocycles. The van der Waals surface area contributed by atoms with E-state index in [2.05, 4.69) is 17.1 Å². The maximum atomic E-state index is 12.0. The molecule has 0 radical (unpaired) electrons. The zero-order chi connectivity index (χ0) is 12.9. The fraction of sp³-hybridized carbons (Fsp3) is 1.00. The highest BCUT2D eigenvalue weighted by molar-refractivity contribution is 4.81. The van der Waals surface area contributed by atoms with Crippen LogP contribution in [0.4, 0.5) is 13.2 Å². The summed E-state index contributed by atoms with van der Waals surface area (Å²) >= 11 is 0. The zero-order valence-corrected chi connectivity index (χ0v) is 10.7. The number of halogens is 3. The van der Waals surface area contributed by atoms with E-state index in [1.165, 1.54) is 0 Å². The van der Waals surface area contributed by atoms with Gasteiger partial charge in [-0.1, -0.05) is 6.92 Å². The van der Waals surface area contributed by atoms with Gasteiger partial charge in [-0.05, 0) is 45.3 Å². The highest BCUT2D eigenvalue weighted by Crippen LogP contribution is 2.23. The Morgan fingerprint density at radius 2 is 2.00 bits per heavy atom. The summed E-state index contributed by atoms with van der Waals surface area (Å²) in [5.74, 6) is 0.580. The van der Waals surface area contributed by atoms with Crippen LogP contribution >= 0.6 is 0 Å². The van der Waals surface area contributed by atoms with Crippen molar-refractivity contribution in [2.24, 2.45) is 5.92 Å². The van der Waals surface area contributed by atoms with Gasteiger partial charge < -0.3 is 10.2 Å². The molecule has 1 aliphatic rings. The number of hydrogen-bond acceptors (Lipinski definition) is 2. The van der Waals surface area contributed by atoms with E-state index < -0.39 is 12.6 Å². The number of alkyl halides is 3. The summed E-state index contributed by atoms with van der Waals surface area (Å²) in [4.78, 5) is 2.29. The molecule has 0 aliphatic carbocycles. The van der Waals surface area contributed by atoms with Crippen LogP contribution in [0.15, 0.2) is 0 Å². The first-order valence-electron chi connectivity index (χ1n) is 6.39. The summed E-state index contributed by atoms with van der Waals surface area (Å²) in [6.45, 7) is 5.00. The summed E-state index contributed by atoms with van der Waals surface area (Å²) in [6.07, 6.45) is -2.64. The summed E-state index contributed by atoms with van der Waals surface area (Å²) < 4.78 is 35.9. The van der Waals surface area contributed by atoms with E-state index in [1.807, 2.05) is 7.05 Å². The van der Waals surface area contributed by atoms with Crippen molar-refractivity contribution < 1.29 is 13.2 Å². The predicted octanol–water partition coefficient (Wildman–Crippen LogP) is 2.65. The minimum Gasteiger partial charge on any atom is -0.317 e. The van der Waals surface area contributed by atoms with E-state index >= 15 is 0 Å². The first-order chi connectivity index (χ1) is 7.92. The number of nitrogens with one attached hydrogen (secondary N) is 1. The number of hydrogen-bond donors (Lipinski definition) is 1. The van der Waals surface area contributed by atoms with Gasteiger partial charge in [-0.3, -0.25) is 0 Å². The fourth-order valence-electron chi connectivity index (χ4n) is 2.52. The standard InChI is InChI=1S/C12H23F3N2/c1-10-9-17(8-5-11(10)16-2)7-4-3-6-12(13,14)15/h10-11,16H,3-9H2,1-2H3. The first-order valence-corrected chi connectivity index (χ1v) is 6.39. The second-order valence-corrected chi connectivity index (χ2v) is 5.03. The number of piperidine rings is 1. The van der Waals surface area contributed by atoms with E-state index in [1.54, 1.807) is 0 Å². The van der Waals surface area contributed by atoms with Gasteiger partial charge in [-0.15, -0.1) is 0 Å². The Morgan fingerprint density at radius 3 is 2.53 bits per heavy atom. The Morgan fingerprint density at radius 1 is 1.29 bits per heavy atom. The van der Waals surface area contributed by atoms with Crippen LogP contribution in [0.1, 0.15) is 32.6 Å². The molecule has 0 aromatic carbocycles. The van der Waals surface area contributed by atoms with Crippen molar-refractivity contribution in [2.45, 2.75) is 44.8 Å². The highest BCUT2D eigenvalue weighted by Gasteiger charge is 2.27. The van der Waals surface area contributed by atoms with Gasteiger partial charge in [0.15, 0.2) is 0 Å². The molecular formula is C12H23F3N2. The van der Waals surface area contributed by atoms with Crippen molar-refractivity contribution in [3.8, 4) is 0 Å². The van der Waals surface area contributed by atoms with Crippen LogP contribution in [0.3, 0.4) is 0 Å². The fourth-order valence-corrected chi connectivity index (χ4v) is 2.52. The van der Waals surface area contributed by atoms with Gasteiger partial charge in [0.05, 0.1) is 0 Å². The molecule has 17 heavy (non-hydrogen) atoms. The number of unbranched alkanes of at least 4 members (excludes halogenated alkanes) is 1. The SMILES string of the molecule is CNC1CCN(CCCCC(F)(F)F)CC1C. The normalized spacial score (nSPS) is 27.4. The average molecular weight is 252 g/mol. The summed E-state index contributed by atoms with van der Waals surface area (Å²) in [5, 5.41) is 3.29. The molecule has 1 heterocycles. The Kier molecular flexibility index (Phi) is 5.73. The average Bonchev–Trinajstić information content (AvgIpc) is 2.23. The van der Waals surface area contributed by atoms with Gasteiger partial charge in [0.25, 0.3) is 0 Å². The van der Waals surface area contributed by atoms with Crippen LogP contribution in [-0.2, 0) is 0 Å². The van der Waals surface area contributed by atoms with Crippen molar-refractivity contribution in [3.05, 3.63) is 0 Å². The third kappa shape index (κ3) is 5.73. The van der Waals surface area contributed by atoms with Gasteiger partial charge in [-0.25, -0.2) is 0 Å². The molecule has 5 heteroatoms. The second kappa shape index (κ2) is 6.59. The number of nitrogens with zero attached hydrogens (tertiary/aromatic N) is 1. The van der Waals surface area contributed by atoms with Crippen LogP contribution in [-0.4, -0.2) is 43.8 Å². The molecule has 0 amide bonds. The minimum atomic E-state index is -3.99. The van der Waals surface area contributed by atoms with Crippen LogP contribution in [0.2, 0.25) is 0 Å². The lowest BCUT2D eigenvalue weighted by Gasteiger charge is -2.36. The quantitative estimate of drug-likeness (QED) is 0.757. The van der Waals surface area contributed by atoms with Crippen LogP contribution in [0.5, 0.6) is 0 Å². The second-order valence-electron chi connectivity index (χ2n) is 5.03. The molecule has 0 saturated carbocycles. The third-order valence-corrected chi connectivity index (χ3v) is 3.54. The lowest BCUT2D eigenvalue weighted by Crippen LogP contribution is -2.47. The van der Waals surface area contributed by atoms with Gasteiger partial charge in [0.2, 0.25) is 0 Å². The molecule has 0 aromatic rings. The van der Waals surface area contributed by atoms with Crippen LogP contribution in [0.25, 0.3) is 0 Å².